The predicted molar refractivity (Wildman–Crippen MR) is 81.7 cm³/mol. The topological polar surface area (TPSA) is 79.2 Å². The van der Waals surface area contributed by atoms with Crippen LogP contribution in [0.25, 0.3) is 0 Å². The van der Waals surface area contributed by atoms with Crippen molar-refractivity contribution >= 4 is 17.9 Å². The van der Waals surface area contributed by atoms with Gasteiger partial charge in [0, 0.05) is 5.69 Å². The zero-order valence-corrected chi connectivity index (χ0v) is 11.9. The summed E-state index contributed by atoms with van der Waals surface area (Å²) in [6, 6.07) is 15.3. The van der Waals surface area contributed by atoms with Gasteiger partial charge in [-0.05, 0) is 37.3 Å². The average molecular weight is 294 g/mol. The van der Waals surface area contributed by atoms with Crippen molar-refractivity contribution in [1.29, 1.82) is 5.26 Å². The summed E-state index contributed by atoms with van der Waals surface area (Å²) in [5.41, 5.74) is 1.36. The first kappa shape index (κ1) is 15.3. The van der Waals surface area contributed by atoms with Gasteiger partial charge in [-0.2, -0.15) is 5.26 Å². The predicted octanol–water partition coefficient (Wildman–Crippen LogP) is 2.78. The second kappa shape index (κ2) is 7.04. The van der Waals surface area contributed by atoms with Crippen LogP contribution in [-0.2, 0) is 4.79 Å². The van der Waals surface area contributed by atoms with Crippen molar-refractivity contribution in [3.05, 3.63) is 59.7 Å². The van der Waals surface area contributed by atoms with Gasteiger partial charge in [0.25, 0.3) is 5.91 Å². The molecule has 5 nitrogen and oxygen atoms in total. The lowest BCUT2D eigenvalue weighted by molar-refractivity contribution is -0.122. The summed E-state index contributed by atoms with van der Waals surface area (Å²) in [4.78, 5) is 23.0. The van der Waals surface area contributed by atoms with Crippen LogP contribution in [0.1, 0.15) is 22.8 Å². The molecule has 0 radical (unpaired) electrons. The smallest absolute Gasteiger partial charge is 0.265 e. The fourth-order valence-corrected chi connectivity index (χ4v) is 1.84. The summed E-state index contributed by atoms with van der Waals surface area (Å²) in [6.45, 7) is 1.59. The Morgan fingerprint density at radius 1 is 1.27 bits per heavy atom. The highest BCUT2D eigenvalue weighted by atomic mass is 16.5. The van der Waals surface area contributed by atoms with Gasteiger partial charge in [-0.1, -0.05) is 18.2 Å². The Morgan fingerprint density at radius 3 is 2.77 bits per heavy atom. The molecule has 0 saturated carbocycles. The monoisotopic (exact) mass is 294 g/mol. The maximum atomic E-state index is 12.1. The number of carbonyl (C=O) groups is 2. The molecule has 5 heteroatoms. The first-order valence-electron chi connectivity index (χ1n) is 6.66. The number of benzene rings is 2. The Bertz CT molecular complexity index is 735. The fraction of sp³-hybridized carbons (Fsp3) is 0.118. The SMILES string of the molecule is C[C@@H](Oc1ccccc1C=O)C(=O)Nc1cccc(C#N)c1. The number of ether oxygens (including phenoxy) is 1. The number of rotatable bonds is 5. The molecule has 0 unspecified atom stereocenters. The molecule has 2 rings (SSSR count). The number of hydrogen-bond acceptors (Lipinski definition) is 4. The third-order valence-corrected chi connectivity index (χ3v) is 2.98. The molecule has 1 amide bonds. The molecule has 2 aromatic rings. The molecule has 0 aromatic heterocycles. The number of hydrogen-bond donors (Lipinski definition) is 1. The number of nitriles is 1. The summed E-state index contributed by atoms with van der Waals surface area (Å²) in [7, 11) is 0. The van der Waals surface area contributed by atoms with Crippen molar-refractivity contribution in [3.63, 3.8) is 0 Å². The van der Waals surface area contributed by atoms with Gasteiger partial charge in [-0.3, -0.25) is 9.59 Å². The van der Waals surface area contributed by atoms with Crippen molar-refractivity contribution in [3.8, 4) is 11.8 Å². The molecule has 0 saturated heterocycles. The van der Waals surface area contributed by atoms with Crippen molar-refractivity contribution in [2.45, 2.75) is 13.0 Å². The number of nitrogens with one attached hydrogen (secondary N) is 1. The number of anilines is 1. The molecular weight excluding hydrogens is 280 g/mol. The number of nitrogens with zero attached hydrogens (tertiary/aromatic N) is 1. The molecule has 22 heavy (non-hydrogen) atoms. The van der Waals surface area contributed by atoms with Gasteiger partial charge >= 0.3 is 0 Å². The third kappa shape index (κ3) is 3.70. The minimum Gasteiger partial charge on any atom is -0.480 e. The van der Waals surface area contributed by atoms with Crippen LogP contribution in [0, 0.1) is 11.3 Å². The highest BCUT2D eigenvalue weighted by Gasteiger charge is 2.16. The number of amides is 1. The first-order valence-corrected chi connectivity index (χ1v) is 6.66. The molecule has 0 spiro atoms. The Balaban J connectivity index is 2.06. The van der Waals surface area contributed by atoms with E-state index in [1.807, 2.05) is 6.07 Å². The van der Waals surface area contributed by atoms with E-state index in [1.165, 1.54) is 0 Å². The molecule has 110 valence electrons. The highest BCUT2D eigenvalue weighted by molar-refractivity contribution is 5.94. The van der Waals surface area contributed by atoms with E-state index in [9.17, 15) is 9.59 Å². The molecule has 0 bridgehead atoms. The van der Waals surface area contributed by atoms with Crippen molar-refractivity contribution in [2.75, 3.05) is 5.32 Å². The second-order valence-electron chi connectivity index (χ2n) is 4.60. The minimum atomic E-state index is -0.785. The lowest BCUT2D eigenvalue weighted by Gasteiger charge is -2.15. The zero-order valence-electron chi connectivity index (χ0n) is 11.9. The van der Waals surface area contributed by atoms with Crippen LogP contribution in [0.15, 0.2) is 48.5 Å². The molecule has 2 aromatic carbocycles. The van der Waals surface area contributed by atoms with E-state index in [-0.39, 0.29) is 5.91 Å². The van der Waals surface area contributed by atoms with E-state index in [0.717, 1.165) is 0 Å². The first-order chi connectivity index (χ1) is 10.6. The van der Waals surface area contributed by atoms with Gasteiger partial charge in [0.2, 0.25) is 0 Å². The molecule has 0 heterocycles. The van der Waals surface area contributed by atoms with E-state index in [4.69, 9.17) is 10.00 Å². The molecule has 0 aliphatic rings. The summed E-state index contributed by atoms with van der Waals surface area (Å²) in [5, 5.41) is 11.5. The Hall–Kier alpha value is -3.13. The zero-order chi connectivity index (χ0) is 15.9. The summed E-state index contributed by atoms with van der Waals surface area (Å²) in [5.74, 6) is -0.0123. The normalized spacial score (nSPS) is 11.1. The Morgan fingerprint density at radius 2 is 2.05 bits per heavy atom. The summed E-state index contributed by atoms with van der Waals surface area (Å²) < 4.78 is 5.52. The Labute approximate surface area is 128 Å². The van der Waals surface area contributed by atoms with Gasteiger partial charge in [-0.15, -0.1) is 0 Å². The highest BCUT2D eigenvalue weighted by Crippen LogP contribution is 2.18. The molecule has 0 fully saturated rings. The largest absolute Gasteiger partial charge is 0.480 e. The molecule has 0 aliphatic carbocycles. The summed E-state index contributed by atoms with van der Waals surface area (Å²) >= 11 is 0. The lowest BCUT2D eigenvalue weighted by atomic mass is 10.2. The van der Waals surface area contributed by atoms with Crippen LogP contribution < -0.4 is 10.1 Å². The molecule has 0 aliphatic heterocycles. The molecule has 1 atom stereocenters. The van der Waals surface area contributed by atoms with Gasteiger partial charge in [0.15, 0.2) is 12.4 Å². The van der Waals surface area contributed by atoms with Crippen molar-refractivity contribution < 1.29 is 14.3 Å². The number of aldehydes is 1. The quantitative estimate of drug-likeness (QED) is 0.860. The maximum absolute atomic E-state index is 12.1. The fourth-order valence-electron chi connectivity index (χ4n) is 1.84. The second-order valence-corrected chi connectivity index (χ2v) is 4.60. The van der Waals surface area contributed by atoms with Crippen LogP contribution in [0.2, 0.25) is 0 Å². The number of carbonyl (C=O) groups excluding carboxylic acids is 2. The Kier molecular flexibility index (Phi) is 4.89. The summed E-state index contributed by atoms with van der Waals surface area (Å²) in [6.07, 6.45) is -0.108. The van der Waals surface area contributed by atoms with E-state index < -0.39 is 6.10 Å². The van der Waals surface area contributed by atoms with Gasteiger partial charge < -0.3 is 10.1 Å². The van der Waals surface area contributed by atoms with Crippen LogP contribution in [-0.4, -0.2) is 18.3 Å². The van der Waals surface area contributed by atoms with E-state index in [2.05, 4.69) is 5.32 Å². The van der Waals surface area contributed by atoms with Crippen LogP contribution in [0.5, 0.6) is 5.75 Å². The van der Waals surface area contributed by atoms with Gasteiger partial charge in [0.1, 0.15) is 5.75 Å². The van der Waals surface area contributed by atoms with E-state index in [0.29, 0.717) is 28.8 Å². The third-order valence-electron chi connectivity index (χ3n) is 2.98. The van der Waals surface area contributed by atoms with Gasteiger partial charge in [-0.25, -0.2) is 0 Å². The van der Waals surface area contributed by atoms with E-state index >= 15 is 0 Å². The lowest BCUT2D eigenvalue weighted by Crippen LogP contribution is -2.30. The molecule has 1 N–H and O–H groups in total. The minimum absolute atomic E-state index is 0.353. The van der Waals surface area contributed by atoms with Crippen molar-refractivity contribution in [2.24, 2.45) is 0 Å². The average Bonchev–Trinajstić information content (AvgIpc) is 2.55. The van der Waals surface area contributed by atoms with Crippen LogP contribution in [0.4, 0.5) is 5.69 Å². The van der Waals surface area contributed by atoms with Crippen LogP contribution >= 0.6 is 0 Å². The van der Waals surface area contributed by atoms with Gasteiger partial charge in [0.05, 0.1) is 17.2 Å². The molecular formula is C17H14N2O3. The standard InChI is InChI=1S/C17H14N2O3/c1-12(22-16-8-3-2-6-14(16)11-20)17(21)19-15-7-4-5-13(9-15)10-18/h2-9,11-12H,1H3,(H,19,21)/t12-/m1/s1. The van der Waals surface area contributed by atoms with E-state index in [1.54, 1.807) is 55.5 Å². The van der Waals surface area contributed by atoms with Crippen LogP contribution in [0.3, 0.4) is 0 Å². The number of para-hydroxylation sites is 1. The maximum Gasteiger partial charge on any atom is 0.265 e. The van der Waals surface area contributed by atoms with Crippen molar-refractivity contribution in [1.82, 2.24) is 0 Å².